The molecule has 0 fully saturated rings. The van der Waals surface area contributed by atoms with Gasteiger partial charge in [-0.15, -0.1) is 0 Å². The molecule has 0 aliphatic heterocycles. The second-order valence-corrected chi connectivity index (χ2v) is 6.08. The highest BCUT2D eigenvalue weighted by Crippen LogP contribution is 2.23. The van der Waals surface area contributed by atoms with Gasteiger partial charge in [-0.3, -0.25) is 0 Å². The maximum Gasteiger partial charge on any atom is 0.171 e. The average Bonchev–Trinajstić information content (AvgIpc) is 2.52. The van der Waals surface area contributed by atoms with Crippen molar-refractivity contribution in [1.29, 1.82) is 0 Å². The lowest BCUT2D eigenvalue weighted by Gasteiger charge is -2.21. The van der Waals surface area contributed by atoms with Crippen molar-refractivity contribution in [2.75, 3.05) is 5.32 Å². The molecule has 2 N–H and O–H groups in total. The van der Waals surface area contributed by atoms with Crippen molar-refractivity contribution in [2.24, 2.45) is 0 Å². The van der Waals surface area contributed by atoms with Crippen molar-refractivity contribution >= 4 is 34.6 Å². The van der Waals surface area contributed by atoms with Crippen LogP contribution in [0.3, 0.4) is 0 Å². The summed E-state index contributed by atoms with van der Waals surface area (Å²) in [4.78, 5) is 0. The average molecular weight is 333 g/mol. The zero-order valence-electron chi connectivity index (χ0n) is 12.9. The lowest BCUT2D eigenvalue weighted by molar-refractivity contribution is 0.584. The second kappa shape index (κ2) is 8.16. The molecule has 22 heavy (non-hydrogen) atoms. The van der Waals surface area contributed by atoms with Crippen molar-refractivity contribution in [1.82, 2.24) is 5.32 Å². The first-order valence-electron chi connectivity index (χ1n) is 7.49. The van der Waals surface area contributed by atoms with E-state index in [9.17, 15) is 0 Å². The van der Waals surface area contributed by atoms with Gasteiger partial charge in [0.2, 0.25) is 0 Å². The zero-order chi connectivity index (χ0) is 15.9. The largest absolute Gasteiger partial charge is 0.356 e. The Bertz CT molecular complexity index is 628. The molecule has 0 unspecified atom stereocenters. The smallest absolute Gasteiger partial charge is 0.171 e. The number of benzene rings is 2. The summed E-state index contributed by atoms with van der Waals surface area (Å²) in [5.74, 6) is 0. The van der Waals surface area contributed by atoms with Crippen molar-refractivity contribution in [3.8, 4) is 0 Å². The summed E-state index contributed by atoms with van der Waals surface area (Å²) in [5.41, 5.74) is 3.18. The van der Waals surface area contributed by atoms with Gasteiger partial charge in [0.15, 0.2) is 5.11 Å². The van der Waals surface area contributed by atoms with Gasteiger partial charge in [-0.05, 0) is 48.8 Å². The third-order valence-corrected chi connectivity index (χ3v) is 4.23. The van der Waals surface area contributed by atoms with Crippen molar-refractivity contribution < 1.29 is 0 Å². The van der Waals surface area contributed by atoms with Crippen molar-refractivity contribution in [3.63, 3.8) is 0 Å². The minimum atomic E-state index is 0.214. The topological polar surface area (TPSA) is 24.1 Å². The molecule has 2 nitrogen and oxygen atoms in total. The fraction of sp³-hybridized carbons (Fsp3) is 0.278. The molecule has 0 aliphatic rings. The predicted molar refractivity (Wildman–Crippen MR) is 99.6 cm³/mol. The van der Waals surface area contributed by atoms with E-state index in [0.29, 0.717) is 5.11 Å². The number of hydrogen-bond acceptors (Lipinski definition) is 1. The third kappa shape index (κ3) is 4.46. The van der Waals surface area contributed by atoms with E-state index in [2.05, 4.69) is 41.8 Å². The number of halogens is 1. The van der Waals surface area contributed by atoms with Crippen LogP contribution < -0.4 is 10.6 Å². The van der Waals surface area contributed by atoms with E-state index in [0.717, 1.165) is 29.1 Å². The van der Waals surface area contributed by atoms with Crippen LogP contribution in [0.2, 0.25) is 5.02 Å². The third-order valence-electron chi connectivity index (χ3n) is 3.60. The summed E-state index contributed by atoms with van der Waals surface area (Å²) in [5, 5.41) is 8.01. The Morgan fingerprint density at radius 1 is 1.14 bits per heavy atom. The minimum absolute atomic E-state index is 0.214. The number of nitrogens with one attached hydrogen (secondary N) is 2. The highest BCUT2D eigenvalue weighted by Gasteiger charge is 2.12. The molecule has 2 rings (SSSR count). The Morgan fingerprint density at radius 2 is 1.86 bits per heavy atom. The highest BCUT2D eigenvalue weighted by molar-refractivity contribution is 7.80. The summed E-state index contributed by atoms with van der Waals surface area (Å²) in [6.07, 6.45) is 2.12. The molecule has 0 bridgehead atoms. The summed E-state index contributed by atoms with van der Waals surface area (Å²) in [7, 11) is 0. The SMILES string of the molecule is CCC[C@@H](NC(=S)Nc1cccc(Cl)c1C)c1ccccc1. The van der Waals surface area contributed by atoms with Gasteiger partial charge in [0.1, 0.15) is 0 Å². The van der Waals surface area contributed by atoms with Gasteiger partial charge in [0.25, 0.3) is 0 Å². The maximum absolute atomic E-state index is 6.14. The van der Waals surface area contributed by atoms with Crippen LogP contribution in [0.1, 0.15) is 36.9 Å². The van der Waals surface area contributed by atoms with Crippen LogP contribution >= 0.6 is 23.8 Å². The monoisotopic (exact) mass is 332 g/mol. The van der Waals surface area contributed by atoms with Crippen LogP contribution in [0.5, 0.6) is 0 Å². The van der Waals surface area contributed by atoms with Gasteiger partial charge in [0.05, 0.1) is 6.04 Å². The quantitative estimate of drug-likeness (QED) is 0.709. The molecule has 1 atom stereocenters. The Hall–Kier alpha value is -1.58. The zero-order valence-corrected chi connectivity index (χ0v) is 14.5. The van der Waals surface area contributed by atoms with Gasteiger partial charge in [-0.1, -0.05) is 61.3 Å². The molecule has 2 aromatic rings. The van der Waals surface area contributed by atoms with Crippen molar-refractivity contribution in [3.05, 3.63) is 64.7 Å². The fourth-order valence-electron chi connectivity index (χ4n) is 2.36. The molecule has 0 radical (unpaired) electrons. The van der Waals surface area contributed by atoms with E-state index >= 15 is 0 Å². The number of anilines is 1. The van der Waals surface area contributed by atoms with E-state index in [1.54, 1.807) is 0 Å². The number of hydrogen-bond donors (Lipinski definition) is 2. The summed E-state index contributed by atoms with van der Waals surface area (Å²) < 4.78 is 0. The van der Waals surface area contributed by atoms with E-state index < -0.39 is 0 Å². The predicted octanol–water partition coefficient (Wildman–Crippen LogP) is 5.48. The molecule has 0 heterocycles. The molecule has 0 amide bonds. The molecule has 0 spiro atoms. The van der Waals surface area contributed by atoms with Crippen LogP contribution in [0.25, 0.3) is 0 Å². The van der Waals surface area contributed by atoms with Gasteiger partial charge < -0.3 is 10.6 Å². The Balaban J connectivity index is 2.07. The van der Waals surface area contributed by atoms with Crippen LogP contribution in [0.4, 0.5) is 5.69 Å². The number of rotatable bonds is 5. The lowest BCUT2D eigenvalue weighted by atomic mass is 10.0. The molecule has 2 aromatic carbocycles. The Labute approximate surface area is 142 Å². The second-order valence-electron chi connectivity index (χ2n) is 5.26. The first kappa shape index (κ1) is 16.8. The fourth-order valence-corrected chi connectivity index (χ4v) is 2.78. The molecular formula is C18H21ClN2S. The molecule has 0 aromatic heterocycles. The standard InChI is InChI=1S/C18H21ClN2S/c1-3-8-17(14-9-5-4-6-10-14)21-18(22)20-16-12-7-11-15(19)13(16)2/h4-7,9-12,17H,3,8H2,1-2H3,(H2,20,21,22)/t17-/m1/s1. The maximum atomic E-state index is 6.14. The molecule has 0 aliphatic carbocycles. The van der Waals surface area contributed by atoms with Gasteiger partial charge >= 0.3 is 0 Å². The molecule has 0 saturated carbocycles. The van der Waals surface area contributed by atoms with E-state index in [-0.39, 0.29) is 6.04 Å². The first-order valence-corrected chi connectivity index (χ1v) is 8.28. The lowest BCUT2D eigenvalue weighted by Crippen LogP contribution is -2.32. The van der Waals surface area contributed by atoms with E-state index in [1.165, 1.54) is 5.56 Å². The van der Waals surface area contributed by atoms with Crippen LogP contribution in [-0.2, 0) is 0 Å². The normalized spacial score (nSPS) is 11.8. The van der Waals surface area contributed by atoms with Crippen LogP contribution in [-0.4, -0.2) is 5.11 Å². The van der Waals surface area contributed by atoms with Crippen LogP contribution in [0, 0.1) is 6.92 Å². The summed E-state index contributed by atoms with van der Waals surface area (Å²) in [6, 6.07) is 16.4. The molecule has 0 saturated heterocycles. The van der Waals surface area contributed by atoms with Gasteiger partial charge in [0, 0.05) is 10.7 Å². The summed E-state index contributed by atoms with van der Waals surface area (Å²) >= 11 is 11.6. The Morgan fingerprint density at radius 3 is 2.55 bits per heavy atom. The minimum Gasteiger partial charge on any atom is -0.356 e. The van der Waals surface area contributed by atoms with Gasteiger partial charge in [-0.2, -0.15) is 0 Å². The molecule has 4 heteroatoms. The van der Waals surface area contributed by atoms with E-state index in [1.807, 2.05) is 31.2 Å². The molecular weight excluding hydrogens is 312 g/mol. The highest BCUT2D eigenvalue weighted by atomic mass is 35.5. The Kier molecular flexibility index (Phi) is 6.22. The van der Waals surface area contributed by atoms with Crippen LogP contribution in [0.15, 0.2) is 48.5 Å². The van der Waals surface area contributed by atoms with Gasteiger partial charge in [-0.25, -0.2) is 0 Å². The van der Waals surface area contributed by atoms with Crippen molar-refractivity contribution in [2.45, 2.75) is 32.7 Å². The number of thiocarbonyl (C=S) groups is 1. The summed E-state index contributed by atoms with van der Waals surface area (Å²) in [6.45, 7) is 4.16. The first-order chi connectivity index (χ1) is 10.6. The van der Waals surface area contributed by atoms with E-state index in [4.69, 9.17) is 23.8 Å². The molecule has 116 valence electrons.